The van der Waals surface area contributed by atoms with Gasteiger partial charge in [0.05, 0.1) is 6.61 Å². The van der Waals surface area contributed by atoms with Crippen molar-refractivity contribution in [3.8, 4) is 0 Å². The first-order valence-corrected chi connectivity index (χ1v) is 8.72. The molecular formula is C16H29O3P. The molecule has 0 saturated heterocycles. The Morgan fingerprint density at radius 2 is 1.55 bits per heavy atom. The van der Waals surface area contributed by atoms with E-state index in [0.717, 1.165) is 25.7 Å². The molecule has 0 aliphatic heterocycles. The SMILES string of the molecule is CC(C)=CCCC(C)=CCCC(C)=CCOC[PH](=O)O. The van der Waals surface area contributed by atoms with Crippen LogP contribution in [0.5, 0.6) is 0 Å². The first kappa shape index (κ1) is 19.4. The second kappa shape index (κ2) is 12.1. The van der Waals surface area contributed by atoms with Crippen molar-refractivity contribution in [3.63, 3.8) is 0 Å². The summed E-state index contributed by atoms with van der Waals surface area (Å²) in [4.78, 5) is 8.61. The third kappa shape index (κ3) is 13.8. The van der Waals surface area contributed by atoms with Crippen LogP contribution in [-0.4, -0.2) is 17.8 Å². The van der Waals surface area contributed by atoms with Crippen molar-refractivity contribution in [1.82, 2.24) is 0 Å². The van der Waals surface area contributed by atoms with Gasteiger partial charge in [-0.3, -0.25) is 4.57 Å². The van der Waals surface area contributed by atoms with E-state index < -0.39 is 8.03 Å². The predicted octanol–water partition coefficient (Wildman–Crippen LogP) is 4.85. The van der Waals surface area contributed by atoms with Crippen molar-refractivity contribution in [2.24, 2.45) is 0 Å². The molecule has 0 aliphatic rings. The van der Waals surface area contributed by atoms with E-state index in [4.69, 9.17) is 9.63 Å². The summed E-state index contributed by atoms with van der Waals surface area (Å²) in [5, 5.41) is 0. The Morgan fingerprint density at radius 3 is 2.10 bits per heavy atom. The van der Waals surface area contributed by atoms with Crippen LogP contribution in [0.1, 0.15) is 53.4 Å². The molecule has 1 unspecified atom stereocenters. The molecule has 3 nitrogen and oxygen atoms in total. The van der Waals surface area contributed by atoms with E-state index in [-0.39, 0.29) is 6.35 Å². The highest BCUT2D eigenvalue weighted by Crippen LogP contribution is 2.13. The van der Waals surface area contributed by atoms with Crippen LogP contribution in [0.25, 0.3) is 0 Å². The fourth-order valence-corrected chi connectivity index (χ4v) is 1.98. The fourth-order valence-electron chi connectivity index (χ4n) is 1.69. The monoisotopic (exact) mass is 300 g/mol. The maximum absolute atomic E-state index is 10.4. The first-order valence-electron chi connectivity index (χ1n) is 7.16. The van der Waals surface area contributed by atoms with Gasteiger partial charge in [0.2, 0.25) is 8.03 Å². The molecule has 0 aliphatic carbocycles. The highest BCUT2D eigenvalue weighted by atomic mass is 31.1. The van der Waals surface area contributed by atoms with E-state index in [1.807, 2.05) is 6.08 Å². The van der Waals surface area contributed by atoms with Gasteiger partial charge in [-0.2, -0.15) is 0 Å². The Balaban J connectivity index is 3.82. The van der Waals surface area contributed by atoms with E-state index in [1.165, 1.54) is 16.7 Å². The summed E-state index contributed by atoms with van der Waals surface area (Å²) in [5.74, 6) is 0. The number of rotatable bonds is 10. The summed E-state index contributed by atoms with van der Waals surface area (Å²) in [7, 11) is -2.49. The molecule has 0 rings (SSSR count). The second-order valence-corrected chi connectivity index (χ2v) is 6.44. The summed E-state index contributed by atoms with van der Waals surface area (Å²) < 4.78 is 15.5. The van der Waals surface area contributed by atoms with Crippen molar-refractivity contribution in [3.05, 3.63) is 34.9 Å². The van der Waals surface area contributed by atoms with E-state index in [9.17, 15) is 4.57 Å². The zero-order valence-electron chi connectivity index (χ0n) is 13.2. The average Bonchev–Trinajstić information content (AvgIpc) is 2.34. The van der Waals surface area contributed by atoms with Gasteiger partial charge in [-0.1, -0.05) is 34.9 Å². The van der Waals surface area contributed by atoms with E-state index in [1.54, 1.807) is 0 Å². The summed E-state index contributed by atoms with van der Waals surface area (Å²) in [5.41, 5.74) is 4.07. The molecule has 0 aromatic heterocycles. The Bertz CT molecular complexity index is 377. The molecule has 1 N–H and O–H groups in total. The van der Waals surface area contributed by atoms with Crippen LogP contribution in [-0.2, 0) is 9.30 Å². The minimum absolute atomic E-state index is 0.0438. The molecule has 0 aromatic rings. The molecule has 20 heavy (non-hydrogen) atoms. The zero-order chi connectivity index (χ0) is 15.4. The minimum atomic E-state index is -2.49. The quantitative estimate of drug-likeness (QED) is 0.356. The van der Waals surface area contributed by atoms with Crippen molar-refractivity contribution in [2.45, 2.75) is 53.4 Å². The molecule has 4 heteroatoms. The normalized spacial score (nSPS) is 14.2. The third-order valence-corrected chi connectivity index (χ3v) is 3.35. The lowest BCUT2D eigenvalue weighted by molar-refractivity contribution is 0.203. The van der Waals surface area contributed by atoms with Gasteiger partial charge in [-0.15, -0.1) is 0 Å². The van der Waals surface area contributed by atoms with Crippen LogP contribution in [0.3, 0.4) is 0 Å². The molecule has 0 aromatic carbocycles. The van der Waals surface area contributed by atoms with Crippen molar-refractivity contribution in [2.75, 3.05) is 13.0 Å². The van der Waals surface area contributed by atoms with Crippen LogP contribution in [0.2, 0.25) is 0 Å². The number of allylic oxidation sites excluding steroid dienone is 5. The summed E-state index contributed by atoms with van der Waals surface area (Å²) in [6, 6.07) is 0. The summed E-state index contributed by atoms with van der Waals surface area (Å²) >= 11 is 0. The maximum Gasteiger partial charge on any atom is 0.214 e. The number of ether oxygens (including phenoxy) is 1. The van der Waals surface area contributed by atoms with Gasteiger partial charge in [-0.25, -0.2) is 0 Å². The first-order chi connectivity index (χ1) is 9.41. The molecule has 116 valence electrons. The van der Waals surface area contributed by atoms with Gasteiger partial charge in [0, 0.05) is 0 Å². The number of hydrogen-bond donors (Lipinski definition) is 1. The van der Waals surface area contributed by atoms with Crippen LogP contribution in [0.4, 0.5) is 0 Å². The molecule has 0 fully saturated rings. The van der Waals surface area contributed by atoms with E-state index >= 15 is 0 Å². The van der Waals surface area contributed by atoms with E-state index in [0.29, 0.717) is 6.61 Å². The minimum Gasteiger partial charge on any atom is -0.368 e. The fraction of sp³-hybridized carbons (Fsp3) is 0.625. The van der Waals surface area contributed by atoms with Gasteiger partial charge >= 0.3 is 0 Å². The Kier molecular flexibility index (Phi) is 11.8. The molecule has 0 heterocycles. The van der Waals surface area contributed by atoms with Gasteiger partial charge in [-0.05, 0) is 53.4 Å². The lowest BCUT2D eigenvalue weighted by Crippen LogP contribution is -1.91. The molecule has 0 bridgehead atoms. The second-order valence-electron chi connectivity index (χ2n) is 5.37. The number of hydrogen-bond acceptors (Lipinski definition) is 2. The Morgan fingerprint density at radius 1 is 1.00 bits per heavy atom. The van der Waals surface area contributed by atoms with Crippen molar-refractivity contribution in [1.29, 1.82) is 0 Å². The standard InChI is InChI=1S/C16H29O3P/c1-14(2)7-5-8-15(3)9-6-10-16(4)11-12-19-13-20(17)18/h7,9,11,20H,5-6,8,10,12-13H2,1-4H3,(H,17,18). The molecule has 0 amide bonds. The van der Waals surface area contributed by atoms with Gasteiger partial charge < -0.3 is 9.63 Å². The van der Waals surface area contributed by atoms with Crippen LogP contribution < -0.4 is 0 Å². The van der Waals surface area contributed by atoms with Crippen LogP contribution in [0, 0.1) is 0 Å². The average molecular weight is 300 g/mol. The van der Waals surface area contributed by atoms with Crippen LogP contribution >= 0.6 is 8.03 Å². The van der Waals surface area contributed by atoms with Gasteiger partial charge in [0.1, 0.15) is 6.35 Å². The molecule has 0 spiro atoms. The smallest absolute Gasteiger partial charge is 0.214 e. The summed E-state index contributed by atoms with van der Waals surface area (Å²) in [6.45, 7) is 8.93. The highest BCUT2D eigenvalue weighted by Gasteiger charge is 1.93. The summed E-state index contributed by atoms with van der Waals surface area (Å²) in [6.07, 6.45) is 10.8. The van der Waals surface area contributed by atoms with Gasteiger partial charge in [0.15, 0.2) is 0 Å². The Hall–Kier alpha value is -0.630. The van der Waals surface area contributed by atoms with Crippen molar-refractivity contribution < 1.29 is 14.2 Å². The zero-order valence-corrected chi connectivity index (χ0v) is 14.2. The third-order valence-electron chi connectivity index (χ3n) is 2.90. The van der Waals surface area contributed by atoms with Gasteiger partial charge in [0.25, 0.3) is 0 Å². The van der Waals surface area contributed by atoms with E-state index in [2.05, 4.69) is 39.8 Å². The lowest BCUT2D eigenvalue weighted by atomic mass is 10.1. The lowest BCUT2D eigenvalue weighted by Gasteiger charge is -2.02. The topological polar surface area (TPSA) is 46.5 Å². The predicted molar refractivity (Wildman–Crippen MR) is 87.5 cm³/mol. The molecule has 1 atom stereocenters. The van der Waals surface area contributed by atoms with Crippen LogP contribution in [0.15, 0.2) is 34.9 Å². The molecule has 0 saturated carbocycles. The molecular weight excluding hydrogens is 271 g/mol. The van der Waals surface area contributed by atoms with Crippen molar-refractivity contribution >= 4 is 8.03 Å². The Labute approximate surface area is 124 Å². The largest absolute Gasteiger partial charge is 0.368 e. The molecule has 0 radical (unpaired) electrons. The highest BCUT2D eigenvalue weighted by molar-refractivity contribution is 7.37. The maximum atomic E-state index is 10.4.